The Hall–Kier alpha value is -3.93. The van der Waals surface area contributed by atoms with E-state index in [1.165, 1.54) is 12.1 Å². The number of hydrogen-bond acceptors (Lipinski definition) is 3. The molecule has 6 heteroatoms. The number of ether oxygens (including phenoxy) is 1. The Labute approximate surface area is 160 Å². The molecule has 4 aromatic rings. The van der Waals surface area contributed by atoms with Gasteiger partial charge >= 0.3 is 0 Å². The number of hydrogen-bond donors (Lipinski definition) is 2. The number of aromatic nitrogens is 2. The second kappa shape index (κ2) is 7.75. The van der Waals surface area contributed by atoms with Gasteiger partial charge in [-0.3, -0.25) is 4.79 Å². The van der Waals surface area contributed by atoms with E-state index in [0.29, 0.717) is 22.7 Å². The molecule has 4 rings (SSSR count). The zero-order valence-corrected chi connectivity index (χ0v) is 14.7. The molecule has 3 aromatic carbocycles. The highest BCUT2D eigenvalue weighted by molar-refractivity contribution is 6.04. The fraction of sp³-hybridized carbons (Fsp3) is 0. The Kier molecular flexibility index (Phi) is 4.84. The summed E-state index contributed by atoms with van der Waals surface area (Å²) in [6.45, 7) is 0. The number of carbonyl (C=O) groups excluding carboxylic acids is 1. The molecule has 5 nitrogen and oxygen atoms in total. The third-order valence-electron chi connectivity index (χ3n) is 4.04. The summed E-state index contributed by atoms with van der Waals surface area (Å²) in [6.07, 6.45) is 3.42. The van der Waals surface area contributed by atoms with Crippen LogP contribution < -0.4 is 10.1 Å². The summed E-state index contributed by atoms with van der Waals surface area (Å²) >= 11 is 0. The number of imidazole rings is 1. The standard InChI is InChI=1S/C22H16FN3O2/c23-17-4-2-6-20(14-17)28-19-9-7-15(8-10-19)22(27)26-18-5-1-3-16(13-18)21-24-11-12-25-21/h1-14H,(H,24,25)(H,26,27). The Morgan fingerprint density at radius 3 is 2.54 bits per heavy atom. The average molecular weight is 373 g/mol. The average Bonchev–Trinajstić information content (AvgIpc) is 3.24. The summed E-state index contributed by atoms with van der Waals surface area (Å²) in [7, 11) is 0. The van der Waals surface area contributed by atoms with E-state index in [4.69, 9.17) is 4.74 Å². The van der Waals surface area contributed by atoms with Crippen molar-refractivity contribution in [3.05, 3.63) is 96.6 Å². The molecule has 0 saturated heterocycles. The summed E-state index contributed by atoms with van der Waals surface area (Å²) in [5, 5.41) is 2.87. The van der Waals surface area contributed by atoms with Crippen LogP contribution in [0.4, 0.5) is 10.1 Å². The number of benzene rings is 3. The molecule has 0 aliphatic carbocycles. The van der Waals surface area contributed by atoms with Gasteiger partial charge in [-0.2, -0.15) is 0 Å². The predicted octanol–water partition coefficient (Wildman–Crippen LogP) is 5.26. The third-order valence-corrected chi connectivity index (χ3v) is 4.04. The minimum atomic E-state index is -0.370. The summed E-state index contributed by atoms with van der Waals surface area (Å²) in [5.74, 6) is 1.03. The van der Waals surface area contributed by atoms with Gasteiger partial charge in [-0.1, -0.05) is 18.2 Å². The SMILES string of the molecule is O=C(Nc1cccc(-c2ncc[nH]2)c1)c1ccc(Oc2cccc(F)c2)cc1. The number of amides is 1. The van der Waals surface area contributed by atoms with Gasteiger partial charge in [0.25, 0.3) is 5.91 Å². The normalized spacial score (nSPS) is 10.5. The highest BCUT2D eigenvalue weighted by atomic mass is 19.1. The van der Waals surface area contributed by atoms with E-state index in [1.54, 1.807) is 48.8 Å². The summed E-state index contributed by atoms with van der Waals surface area (Å²) in [5.41, 5.74) is 2.02. The number of anilines is 1. The van der Waals surface area contributed by atoms with Crippen molar-refractivity contribution in [1.29, 1.82) is 0 Å². The van der Waals surface area contributed by atoms with Crippen molar-refractivity contribution in [2.75, 3.05) is 5.32 Å². The van der Waals surface area contributed by atoms with E-state index in [0.717, 1.165) is 11.4 Å². The van der Waals surface area contributed by atoms with Gasteiger partial charge in [0.1, 0.15) is 23.1 Å². The van der Waals surface area contributed by atoms with Crippen LogP contribution in [-0.4, -0.2) is 15.9 Å². The lowest BCUT2D eigenvalue weighted by Crippen LogP contribution is -2.11. The molecule has 0 radical (unpaired) electrons. The van der Waals surface area contributed by atoms with Crippen molar-refractivity contribution in [3.8, 4) is 22.9 Å². The molecule has 0 aliphatic rings. The maximum absolute atomic E-state index is 13.2. The topological polar surface area (TPSA) is 67.0 Å². The predicted molar refractivity (Wildman–Crippen MR) is 105 cm³/mol. The maximum Gasteiger partial charge on any atom is 0.255 e. The van der Waals surface area contributed by atoms with Crippen LogP contribution in [-0.2, 0) is 0 Å². The van der Waals surface area contributed by atoms with Crippen molar-refractivity contribution in [2.45, 2.75) is 0 Å². The van der Waals surface area contributed by atoms with Gasteiger partial charge < -0.3 is 15.0 Å². The fourth-order valence-corrected chi connectivity index (χ4v) is 2.71. The van der Waals surface area contributed by atoms with Crippen LogP contribution in [0.5, 0.6) is 11.5 Å². The van der Waals surface area contributed by atoms with Crippen LogP contribution in [0.15, 0.2) is 85.2 Å². The number of nitrogens with zero attached hydrogens (tertiary/aromatic N) is 1. The van der Waals surface area contributed by atoms with Crippen LogP contribution >= 0.6 is 0 Å². The second-order valence-electron chi connectivity index (χ2n) is 6.06. The second-order valence-corrected chi connectivity index (χ2v) is 6.06. The number of aromatic amines is 1. The molecule has 0 saturated carbocycles. The first-order chi connectivity index (χ1) is 13.7. The number of rotatable bonds is 5. The summed E-state index contributed by atoms with van der Waals surface area (Å²) < 4.78 is 18.8. The largest absolute Gasteiger partial charge is 0.457 e. The van der Waals surface area contributed by atoms with Crippen LogP contribution in [0.3, 0.4) is 0 Å². The van der Waals surface area contributed by atoms with Crippen LogP contribution in [0.1, 0.15) is 10.4 Å². The van der Waals surface area contributed by atoms with Crippen molar-refractivity contribution < 1.29 is 13.9 Å². The Balaban J connectivity index is 1.44. The van der Waals surface area contributed by atoms with Gasteiger partial charge in [0.05, 0.1) is 0 Å². The molecule has 0 bridgehead atoms. The molecule has 0 spiro atoms. The first-order valence-corrected chi connectivity index (χ1v) is 8.62. The van der Waals surface area contributed by atoms with Crippen LogP contribution in [0.2, 0.25) is 0 Å². The monoisotopic (exact) mass is 373 g/mol. The van der Waals surface area contributed by atoms with E-state index < -0.39 is 0 Å². The smallest absolute Gasteiger partial charge is 0.255 e. The molecule has 138 valence electrons. The minimum absolute atomic E-state index is 0.242. The summed E-state index contributed by atoms with van der Waals surface area (Å²) in [4.78, 5) is 19.7. The van der Waals surface area contributed by atoms with E-state index in [-0.39, 0.29) is 11.7 Å². The van der Waals surface area contributed by atoms with Gasteiger partial charge in [-0.25, -0.2) is 9.37 Å². The van der Waals surface area contributed by atoms with E-state index in [2.05, 4.69) is 15.3 Å². The quantitative estimate of drug-likeness (QED) is 0.501. The molecular weight excluding hydrogens is 357 g/mol. The van der Waals surface area contributed by atoms with Crippen molar-refractivity contribution in [1.82, 2.24) is 9.97 Å². The Morgan fingerprint density at radius 2 is 1.79 bits per heavy atom. The van der Waals surface area contributed by atoms with Crippen molar-refractivity contribution in [3.63, 3.8) is 0 Å². The lowest BCUT2D eigenvalue weighted by Gasteiger charge is -2.08. The highest BCUT2D eigenvalue weighted by Crippen LogP contribution is 2.23. The van der Waals surface area contributed by atoms with Gasteiger partial charge in [-0.15, -0.1) is 0 Å². The van der Waals surface area contributed by atoms with Crippen LogP contribution in [0, 0.1) is 5.82 Å². The summed E-state index contributed by atoms with van der Waals surface area (Å²) in [6, 6.07) is 19.9. The number of H-pyrrole nitrogens is 1. The molecule has 1 heterocycles. The first kappa shape index (κ1) is 17.5. The lowest BCUT2D eigenvalue weighted by atomic mass is 10.1. The molecule has 28 heavy (non-hydrogen) atoms. The third kappa shape index (κ3) is 4.07. The van der Waals surface area contributed by atoms with E-state index in [9.17, 15) is 9.18 Å². The molecule has 0 aliphatic heterocycles. The van der Waals surface area contributed by atoms with E-state index in [1.807, 2.05) is 24.3 Å². The number of carbonyl (C=O) groups is 1. The Morgan fingerprint density at radius 1 is 0.964 bits per heavy atom. The van der Waals surface area contributed by atoms with Gasteiger partial charge in [0, 0.05) is 35.3 Å². The number of nitrogens with one attached hydrogen (secondary N) is 2. The van der Waals surface area contributed by atoms with Crippen LogP contribution in [0.25, 0.3) is 11.4 Å². The molecule has 2 N–H and O–H groups in total. The molecular formula is C22H16FN3O2. The lowest BCUT2D eigenvalue weighted by molar-refractivity contribution is 0.102. The fourth-order valence-electron chi connectivity index (χ4n) is 2.71. The minimum Gasteiger partial charge on any atom is -0.457 e. The maximum atomic E-state index is 13.2. The molecule has 1 aromatic heterocycles. The van der Waals surface area contributed by atoms with Gasteiger partial charge in [-0.05, 0) is 48.5 Å². The van der Waals surface area contributed by atoms with E-state index >= 15 is 0 Å². The molecule has 0 fully saturated rings. The van der Waals surface area contributed by atoms with Gasteiger partial charge in [0.15, 0.2) is 0 Å². The highest BCUT2D eigenvalue weighted by Gasteiger charge is 2.08. The first-order valence-electron chi connectivity index (χ1n) is 8.62. The Bertz CT molecular complexity index is 1090. The molecule has 0 unspecified atom stereocenters. The van der Waals surface area contributed by atoms with Crippen molar-refractivity contribution in [2.24, 2.45) is 0 Å². The molecule has 0 atom stereocenters. The molecule has 1 amide bonds. The zero-order valence-electron chi connectivity index (χ0n) is 14.7. The van der Waals surface area contributed by atoms with Crippen molar-refractivity contribution >= 4 is 11.6 Å². The van der Waals surface area contributed by atoms with Gasteiger partial charge in [0.2, 0.25) is 0 Å². The zero-order chi connectivity index (χ0) is 19.3. The number of halogens is 1.